The first-order valence-corrected chi connectivity index (χ1v) is 4.93. The van der Waals surface area contributed by atoms with E-state index in [0.29, 0.717) is 0 Å². The molecule has 1 rings (SSSR count). The molecule has 0 amide bonds. The zero-order valence-electron chi connectivity index (χ0n) is 9.01. The average molecular weight is 187 g/mol. The van der Waals surface area contributed by atoms with Crippen molar-refractivity contribution in [2.45, 2.75) is 13.8 Å². The second-order valence-electron chi connectivity index (χ2n) is 4.49. The zero-order chi connectivity index (χ0) is 9.73. The molecule has 78 valence electrons. The van der Waals surface area contributed by atoms with Gasteiger partial charge in [-0.25, -0.2) is 0 Å². The molecule has 0 atom stereocenters. The van der Waals surface area contributed by atoms with Gasteiger partial charge in [0.2, 0.25) is 0 Å². The van der Waals surface area contributed by atoms with E-state index in [1.54, 1.807) is 7.11 Å². The Kier molecular flexibility index (Phi) is 4.16. The van der Waals surface area contributed by atoms with Gasteiger partial charge in [-0.3, -0.25) is 4.90 Å². The van der Waals surface area contributed by atoms with Crippen LogP contribution in [0.15, 0.2) is 0 Å². The normalized spacial score (nSPS) is 24.2. The van der Waals surface area contributed by atoms with Crippen molar-refractivity contribution < 1.29 is 9.47 Å². The third-order valence-corrected chi connectivity index (χ3v) is 2.31. The van der Waals surface area contributed by atoms with Gasteiger partial charge in [0.05, 0.1) is 19.8 Å². The summed E-state index contributed by atoms with van der Waals surface area (Å²) in [4.78, 5) is 2.41. The van der Waals surface area contributed by atoms with Gasteiger partial charge in [0.25, 0.3) is 0 Å². The van der Waals surface area contributed by atoms with Gasteiger partial charge in [0.1, 0.15) is 0 Å². The fourth-order valence-electron chi connectivity index (χ4n) is 1.68. The standard InChI is InChI=1S/C10H21NO2/c1-10(2)8-11(4-6-12-3)5-7-13-9-10/h4-9H2,1-3H3. The molecule has 1 saturated heterocycles. The molecule has 0 aromatic carbocycles. The van der Waals surface area contributed by atoms with Gasteiger partial charge in [-0.05, 0) is 0 Å². The third kappa shape index (κ3) is 4.07. The van der Waals surface area contributed by atoms with Crippen LogP contribution >= 0.6 is 0 Å². The molecule has 1 heterocycles. The van der Waals surface area contributed by atoms with Gasteiger partial charge < -0.3 is 9.47 Å². The monoisotopic (exact) mass is 187 g/mol. The highest BCUT2D eigenvalue weighted by molar-refractivity contribution is 4.76. The van der Waals surface area contributed by atoms with Crippen molar-refractivity contribution in [2.24, 2.45) is 5.41 Å². The average Bonchev–Trinajstić information content (AvgIpc) is 2.22. The van der Waals surface area contributed by atoms with Crippen LogP contribution in [0.4, 0.5) is 0 Å². The summed E-state index contributed by atoms with van der Waals surface area (Å²) in [6.07, 6.45) is 0. The fourth-order valence-corrected chi connectivity index (χ4v) is 1.68. The van der Waals surface area contributed by atoms with Crippen LogP contribution in [0.2, 0.25) is 0 Å². The van der Waals surface area contributed by atoms with Crippen molar-refractivity contribution in [2.75, 3.05) is 46.6 Å². The zero-order valence-corrected chi connectivity index (χ0v) is 9.01. The van der Waals surface area contributed by atoms with Crippen LogP contribution in [0, 0.1) is 5.41 Å². The lowest BCUT2D eigenvalue weighted by atomic mass is 9.94. The molecule has 0 radical (unpaired) electrons. The molecular formula is C10H21NO2. The highest BCUT2D eigenvalue weighted by atomic mass is 16.5. The van der Waals surface area contributed by atoms with E-state index in [9.17, 15) is 0 Å². The first-order valence-electron chi connectivity index (χ1n) is 4.93. The van der Waals surface area contributed by atoms with Crippen LogP contribution in [0.5, 0.6) is 0 Å². The molecule has 0 N–H and O–H groups in total. The minimum Gasteiger partial charge on any atom is -0.383 e. The predicted octanol–water partition coefficient (Wildman–Crippen LogP) is 0.991. The molecule has 1 aliphatic rings. The first kappa shape index (κ1) is 11.0. The van der Waals surface area contributed by atoms with Crippen molar-refractivity contribution in [1.29, 1.82) is 0 Å². The third-order valence-electron chi connectivity index (χ3n) is 2.31. The Balaban J connectivity index is 2.36. The molecule has 0 unspecified atom stereocenters. The minimum absolute atomic E-state index is 0.282. The highest BCUT2D eigenvalue weighted by Gasteiger charge is 2.24. The van der Waals surface area contributed by atoms with Gasteiger partial charge >= 0.3 is 0 Å². The predicted molar refractivity (Wildman–Crippen MR) is 52.9 cm³/mol. The van der Waals surface area contributed by atoms with Gasteiger partial charge in [-0.2, -0.15) is 0 Å². The summed E-state index contributed by atoms with van der Waals surface area (Å²) < 4.78 is 10.6. The SMILES string of the molecule is COCCN1CCOCC(C)(C)C1. The van der Waals surface area contributed by atoms with Crippen LogP contribution in [0.3, 0.4) is 0 Å². The lowest BCUT2D eigenvalue weighted by molar-refractivity contribution is 0.0883. The summed E-state index contributed by atoms with van der Waals surface area (Å²) in [6, 6.07) is 0. The summed E-state index contributed by atoms with van der Waals surface area (Å²) >= 11 is 0. The molecule has 0 aromatic rings. The van der Waals surface area contributed by atoms with Crippen molar-refractivity contribution in [3.8, 4) is 0 Å². The summed E-state index contributed by atoms with van der Waals surface area (Å²) in [7, 11) is 1.75. The van der Waals surface area contributed by atoms with Gasteiger partial charge in [0, 0.05) is 32.2 Å². The fraction of sp³-hybridized carbons (Fsp3) is 1.00. The highest BCUT2D eigenvalue weighted by Crippen LogP contribution is 2.19. The quantitative estimate of drug-likeness (QED) is 0.657. The molecule has 0 bridgehead atoms. The molecule has 1 fully saturated rings. The first-order chi connectivity index (χ1) is 6.14. The molecule has 0 aliphatic carbocycles. The largest absolute Gasteiger partial charge is 0.383 e. The molecule has 1 aliphatic heterocycles. The van der Waals surface area contributed by atoms with E-state index >= 15 is 0 Å². The topological polar surface area (TPSA) is 21.7 Å². The molecule has 3 nitrogen and oxygen atoms in total. The van der Waals surface area contributed by atoms with E-state index in [-0.39, 0.29) is 5.41 Å². The maximum absolute atomic E-state index is 5.54. The second kappa shape index (κ2) is 4.94. The number of rotatable bonds is 3. The lowest BCUT2D eigenvalue weighted by Crippen LogP contribution is -2.36. The van der Waals surface area contributed by atoms with Crippen molar-refractivity contribution >= 4 is 0 Å². The molecule has 0 aromatic heterocycles. The number of methoxy groups -OCH3 is 1. The number of ether oxygens (including phenoxy) is 2. The van der Waals surface area contributed by atoms with Gasteiger partial charge in [-0.1, -0.05) is 13.8 Å². The maximum Gasteiger partial charge on any atom is 0.0593 e. The van der Waals surface area contributed by atoms with Gasteiger partial charge in [0.15, 0.2) is 0 Å². The van der Waals surface area contributed by atoms with Crippen molar-refractivity contribution in [3.05, 3.63) is 0 Å². The van der Waals surface area contributed by atoms with E-state index in [4.69, 9.17) is 9.47 Å². The summed E-state index contributed by atoms with van der Waals surface area (Å²) in [5.41, 5.74) is 0.282. The molecule has 3 heteroatoms. The Morgan fingerprint density at radius 3 is 2.92 bits per heavy atom. The van der Waals surface area contributed by atoms with Crippen LogP contribution < -0.4 is 0 Å². The number of hydrogen-bond acceptors (Lipinski definition) is 3. The minimum atomic E-state index is 0.282. The number of hydrogen-bond donors (Lipinski definition) is 0. The summed E-state index contributed by atoms with van der Waals surface area (Å²) in [6.45, 7) is 10.2. The van der Waals surface area contributed by atoms with E-state index in [0.717, 1.165) is 39.5 Å². The Morgan fingerprint density at radius 2 is 2.23 bits per heavy atom. The number of nitrogens with zero attached hydrogens (tertiary/aromatic N) is 1. The Hall–Kier alpha value is -0.120. The lowest BCUT2D eigenvalue weighted by Gasteiger charge is -2.27. The van der Waals surface area contributed by atoms with Crippen LogP contribution in [-0.4, -0.2) is 51.5 Å². The van der Waals surface area contributed by atoms with Crippen LogP contribution in [-0.2, 0) is 9.47 Å². The van der Waals surface area contributed by atoms with Gasteiger partial charge in [-0.15, -0.1) is 0 Å². The smallest absolute Gasteiger partial charge is 0.0593 e. The molecule has 0 saturated carbocycles. The maximum atomic E-state index is 5.54. The second-order valence-corrected chi connectivity index (χ2v) is 4.49. The van der Waals surface area contributed by atoms with E-state index in [2.05, 4.69) is 18.7 Å². The Bertz CT molecular complexity index is 148. The van der Waals surface area contributed by atoms with E-state index < -0.39 is 0 Å². The molecular weight excluding hydrogens is 166 g/mol. The molecule has 0 spiro atoms. The van der Waals surface area contributed by atoms with E-state index in [1.807, 2.05) is 0 Å². The molecule has 13 heavy (non-hydrogen) atoms. The Morgan fingerprint density at radius 1 is 1.46 bits per heavy atom. The summed E-state index contributed by atoms with van der Waals surface area (Å²) in [5, 5.41) is 0. The Labute approximate surface area is 81.0 Å². The van der Waals surface area contributed by atoms with Crippen LogP contribution in [0.1, 0.15) is 13.8 Å². The summed E-state index contributed by atoms with van der Waals surface area (Å²) in [5.74, 6) is 0. The van der Waals surface area contributed by atoms with Crippen molar-refractivity contribution in [3.63, 3.8) is 0 Å². The van der Waals surface area contributed by atoms with Crippen LogP contribution in [0.25, 0.3) is 0 Å². The van der Waals surface area contributed by atoms with Crippen molar-refractivity contribution in [1.82, 2.24) is 4.90 Å². The van der Waals surface area contributed by atoms with E-state index in [1.165, 1.54) is 0 Å².